The number of allylic oxidation sites excluding steroid dienone is 2. The molecule has 24 heavy (non-hydrogen) atoms. The second kappa shape index (κ2) is 10.3. The lowest BCUT2D eigenvalue weighted by molar-refractivity contribution is -0.126. The monoisotopic (exact) mass is 339 g/mol. The van der Waals surface area contributed by atoms with E-state index < -0.39 is 6.09 Å². The molecule has 1 fully saturated rings. The van der Waals surface area contributed by atoms with Crippen molar-refractivity contribution >= 4 is 12.0 Å². The quantitative estimate of drug-likeness (QED) is 0.529. The SMILES string of the molecule is CNC(=O)C1CC=CCC1COC(=O)NCCCN1CCOCC1. The number of amides is 2. The molecule has 1 aliphatic heterocycles. The zero-order chi connectivity index (χ0) is 17.2. The van der Waals surface area contributed by atoms with Crippen molar-refractivity contribution < 1.29 is 19.1 Å². The summed E-state index contributed by atoms with van der Waals surface area (Å²) in [6, 6.07) is 0. The van der Waals surface area contributed by atoms with Gasteiger partial charge in [-0.15, -0.1) is 0 Å². The highest BCUT2D eigenvalue weighted by Crippen LogP contribution is 2.26. The molecule has 2 atom stereocenters. The zero-order valence-electron chi connectivity index (χ0n) is 14.5. The Labute approximate surface area is 143 Å². The van der Waals surface area contributed by atoms with Crippen LogP contribution in [0.3, 0.4) is 0 Å². The summed E-state index contributed by atoms with van der Waals surface area (Å²) < 4.78 is 10.6. The Morgan fingerprint density at radius 2 is 2.00 bits per heavy atom. The van der Waals surface area contributed by atoms with Crippen LogP contribution in [0.5, 0.6) is 0 Å². The Balaban J connectivity index is 1.59. The van der Waals surface area contributed by atoms with Crippen LogP contribution < -0.4 is 10.6 Å². The molecule has 2 aliphatic rings. The standard InChI is InChI=1S/C17H29N3O4/c1-18-16(21)15-6-3-2-5-14(15)13-24-17(22)19-7-4-8-20-9-11-23-12-10-20/h2-3,14-15H,4-13H2,1H3,(H,18,21)(H,19,22). The number of nitrogens with one attached hydrogen (secondary N) is 2. The lowest BCUT2D eigenvalue weighted by atomic mass is 9.83. The summed E-state index contributed by atoms with van der Waals surface area (Å²) in [7, 11) is 1.64. The van der Waals surface area contributed by atoms with Gasteiger partial charge in [-0.1, -0.05) is 12.2 Å². The second-order valence-electron chi connectivity index (χ2n) is 6.26. The van der Waals surface area contributed by atoms with Crippen LogP contribution in [-0.4, -0.2) is 69.9 Å². The van der Waals surface area contributed by atoms with Crippen molar-refractivity contribution in [3.63, 3.8) is 0 Å². The molecule has 0 saturated carbocycles. The van der Waals surface area contributed by atoms with E-state index in [0.29, 0.717) is 13.0 Å². The predicted molar refractivity (Wildman–Crippen MR) is 90.6 cm³/mol. The molecule has 7 heteroatoms. The van der Waals surface area contributed by atoms with E-state index in [1.807, 2.05) is 12.2 Å². The zero-order valence-corrected chi connectivity index (χ0v) is 14.5. The van der Waals surface area contributed by atoms with E-state index in [9.17, 15) is 9.59 Å². The molecule has 0 spiro atoms. The first kappa shape index (κ1) is 18.7. The molecule has 0 aromatic carbocycles. The average Bonchev–Trinajstić information content (AvgIpc) is 2.64. The van der Waals surface area contributed by atoms with Gasteiger partial charge in [0.15, 0.2) is 0 Å². The minimum atomic E-state index is -0.401. The minimum absolute atomic E-state index is 0.0128. The third-order valence-electron chi connectivity index (χ3n) is 4.60. The molecule has 1 aliphatic carbocycles. The van der Waals surface area contributed by atoms with Gasteiger partial charge >= 0.3 is 6.09 Å². The van der Waals surface area contributed by atoms with E-state index in [2.05, 4.69) is 15.5 Å². The van der Waals surface area contributed by atoms with Crippen molar-refractivity contribution in [1.29, 1.82) is 0 Å². The highest BCUT2D eigenvalue weighted by Gasteiger charge is 2.29. The second-order valence-corrected chi connectivity index (χ2v) is 6.26. The molecule has 0 bridgehead atoms. The van der Waals surface area contributed by atoms with E-state index in [1.165, 1.54) is 0 Å². The van der Waals surface area contributed by atoms with Crippen molar-refractivity contribution in [2.45, 2.75) is 19.3 Å². The van der Waals surface area contributed by atoms with Gasteiger partial charge in [-0.3, -0.25) is 9.69 Å². The molecule has 1 saturated heterocycles. The third-order valence-corrected chi connectivity index (χ3v) is 4.60. The van der Waals surface area contributed by atoms with Crippen molar-refractivity contribution in [3.05, 3.63) is 12.2 Å². The van der Waals surface area contributed by atoms with Crippen molar-refractivity contribution in [1.82, 2.24) is 15.5 Å². The smallest absolute Gasteiger partial charge is 0.407 e. The van der Waals surface area contributed by atoms with Crippen molar-refractivity contribution in [2.24, 2.45) is 11.8 Å². The Morgan fingerprint density at radius 3 is 2.75 bits per heavy atom. The maximum absolute atomic E-state index is 11.9. The van der Waals surface area contributed by atoms with Crippen LogP contribution >= 0.6 is 0 Å². The first-order valence-corrected chi connectivity index (χ1v) is 8.78. The maximum atomic E-state index is 11.9. The summed E-state index contributed by atoms with van der Waals surface area (Å²) in [5.41, 5.74) is 0. The van der Waals surface area contributed by atoms with E-state index in [4.69, 9.17) is 9.47 Å². The van der Waals surface area contributed by atoms with E-state index >= 15 is 0 Å². The topological polar surface area (TPSA) is 79.9 Å². The first-order valence-electron chi connectivity index (χ1n) is 8.78. The van der Waals surface area contributed by atoms with Gasteiger partial charge in [0, 0.05) is 38.5 Å². The number of alkyl carbamates (subject to hydrolysis) is 1. The van der Waals surface area contributed by atoms with Gasteiger partial charge in [-0.05, 0) is 25.8 Å². The first-order chi connectivity index (χ1) is 11.7. The maximum Gasteiger partial charge on any atom is 0.407 e. The minimum Gasteiger partial charge on any atom is -0.449 e. The molecule has 7 nitrogen and oxygen atoms in total. The molecule has 2 rings (SSSR count). The lowest BCUT2D eigenvalue weighted by Gasteiger charge is -2.27. The molecule has 0 aromatic heterocycles. The summed E-state index contributed by atoms with van der Waals surface area (Å²) in [6.07, 6.45) is 6.03. The van der Waals surface area contributed by atoms with E-state index in [0.717, 1.165) is 45.7 Å². The van der Waals surface area contributed by atoms with Crippen LogP contribution in [0.4, 0.5) is 4.79 Å². The number of hydrogen-bond acceptors (Lipinski definition) is 5. The van der Waals surface area contributed by atoms with Crippen LogP contribution in [0.1, 0.15) is 19.3 Å². The summed E-state index contributed by atoms with van der Waals surface area (Å²) in [6.45, 7) is 5.32. The van der Waals surface area contributed by atoms with Gasteiger partial charge in [-0.2, -0.15) is 0 Å². The van der Waals surface area contributed by atoms with Crippen LogP contribution in [0, 0.1) is 11.8 Å². The normalized spacial score (nSPS) is 24.4. The Morgan fingerprint density at radius 1 is 1.25 bits per heavy atom. The van der Waals surface area contributed by atoms with Crippen LogP contribution in [0.15, 0.2) is 12.2 Å². The number of carbonyl (C=O) groups excluding carboxylic acids is 2. The summed E-state index contributed by atoms with van der Waals surface area (Å²) in [5, 5.41) is 5.47. The van der Waals surface area contributed by atoms with Crippen molar-refractivity contribution in [2.75, 3.05) is 53.0 Å². The fraction of sp³-hybridized carbons (Fsp3) is 0.765. The van der Waals surface area contributed by atoms with Crippen LogP contribution in [-0.2, 0) is 14.3 Å². The van der Waals surface area contributed by atoms with Crippen LogP contribution in [0.2, 0.25) is 0 Å². The van der Waals surface area contributed by atoms with Gasteiger partial charge in [0.2, 0.25) is 5.91 Å². The molecule has 2 N–H and O–H groups in total. The molecule has 1 heterocycles. The molecule has 2 unspecified atom stereocenters. The van der Waals surface area contributed by atoms with E-state index in [-0.39, 0.29) is 24.3 Å². The number of morpholine rings is 1. The molecular weight excluding hydrogens is 310 g/mol. The fourth-order valence-electron chi connectivity index (χ4n) is 3.11. The van der Waals surface area contributed by atoms with Gasteiger partial charge in [0.25, 0.3) is 0 Å². The Bertz CT molecular complexity index is 436. The summed E-state index contributed by atoms with van der Waals surface area (Å²) in [4.78, 5) is 26.0. The third kappa shape index (κ3) is 6.13. The predicted octanol–water partition coefficient (Wildman–Crippen LogP) is 0.763. The Kier molecular flexibility index (Phi) is 8.04. The molecule has 136 valence electrons. The summed E-state index contributed by atoms with van der Waals surface area (Å²) in [5.74, 6) is -0.0537. The number of ether oxygens (including phenoxy) is 2. The van der Waals surface area contributed by atoms with Gasteiger partial charge in [-0.25, -0.2) is 4.79 Å². The number of nitrogens with zero attached hydrogens (tertiary/aromatic N) is 1. The number of hydrogen-bond donors (Lipinski definition) is 2. The highest BCUT2D eigenvalue weighted by atomic mass is 16.5. The highest BCUT2D eigenvalue weighted by molar-refractivity contribution is 5.79. The van der Waals surface area contributed by atoms with Crippen molar-refractivity contribution in [3.8, 4) is 0 Å². The van der Waals surface area contributed by atoms with Gasteiger partial charge < -0.3 is 20.1 Å². The number of rotatable bonds is 7. The van der Waals surface area contributed by atoms with Gasteiger partial charge in [0.05, 0.1) is 19.8 Å². The van der Waals surface area contributed by atoms with E-state index in [1.54, 1.807) is 7.05 Å². The molecule has 2 amide bonds. The molecule has 0 aromatic rings. The largest absolute Gasteiger partial charge is 0.449 e. The Hall–Kier alpha value is -1.60. The van der Waals surface area contributed by atoms with Crippen LogP contribution in [0.25, 0.3) is 0 Å². The van der Waals surface area contributed by atoms with Gasteiger partial charge in [0.1, 0.15) is 0 Å². The summed E-state index contributed by atoms with van der Waals surface area (Å²) >= 11 is 0. The number of carbonyl (C=O) groups is 2. The molecular formula is C17H29N3O4. The molecule has 0 radical (unpaired) electrons. The lowest BCUT2D eigenvalue weighted by Crippen LogP contribution is -2.39. The average molecular weight is 339 g/mol. The fourth-order valence-corrected chi connectivity index (χ4v) is 3.11.